The topological polar surface area (TPSA) is 33.5 Å². The molecule has 0 spiro atoms. The summed E-state index contributed by atoms with van der Waals surface area (Å²) in [6.45, 7) is 8.70. The van der Waals surface area contributed by atoms with Crippen molar-refractivity contribution in [2.24, 2.45) is 23.7 Å². The van der Waals surface area contributed by atoms with Crippen LogP contribution in [0.15, 0.2) is 158 Å². The van der Waals surface area contributed by atoms with Gasteiger partial charge in [-0.1, -0.05) is 108 Å². The summed E-state index contributed by atoms with van der Waals surface area (Å²) in [7, 11) is 2.09. The van der Waals surface area contributed by atoms with E-state index in [-0.39, 0.29) is 26.5 Å². The predicted octanol–water partition coefficient (Wildman–Crippen LogP) is 15.9. The second-order valence-corrected chi connectivity index (χ2v) is 20.8. The van der Waals surface area contributed by atoms with E-state index in [0.717, 1.165) is 56.7 Å². The van der Waals surface area contributed by atoms with Crippen LogP contribution in [0.1, 0.15) is 59.9 Å². The second kappa shape index (κ2) is 16.5. The number of nitrogens with zero attached hydrogens (tertiary/aromatic N) is 4. The molecule has 0 unspecified atom stereocenters. The zero-order chi connectivity index (χ0) is 46.1. The fourth-order valence-electron chi connectivity index (χ4n) is 14.4. The molecule has 8 aromatic carbocycles. The molecule has 6 heteroatoms. The van der Waals surface area contributed by atoms with E-state index in [1.807, 2.05) is 0 Å². The molecule has 5 aliphatic rings. The maximum Gasteiger partial charge on any atom is 0.135 e. The number of ether oxygens (including phenoxy) is 1. The first kappa shape index (κ1) is 43.3. The van der Waals surface area contributed by atoms with Gasteiger partial charge in [-0.15, -0.1) is 47.0 Å². The van der Waals surface area contributed by atoms with Crippen molar-refractivity contribution in [1.82, 2.24) is 9.55 Å². The first-order valence-corrected chi connectivity index (χ1v) is 24.9. The average molecular weight is 1090 g/mol. The molecular weight excluding hydrogens is 1040 g/mol. The first-order chi connectivity index (χ1) is 33.8. The Labute approximate surface area is 425 Å². The molecule has 0 saturated heterocycles. The normalized spacial score (nSPS) is 21.3. The Hall–Kier alpha value is -6.68. The minimum absolute atomic E-state index is 0. The Morgan fingerprint density at radius 2 is 1.31 bits per heavy atom. The van der Waals surface area contributed by atoms with Gasteiger partial charge in [-0.2, -0.15) is 12.7 Å². The molecule has 0 amide bonds. The van der Waals surface area contributed by atoms with Gasteiger partial charge in [-0.3, -0.25) is 0 Å². The quantitative estimate of drug-likeness (QED) is 0.118. The van der Waals surface area contributed by atoms with Crippen LogP contribution in [0, 0.1) is 63.2 Å². The zero-order valence-corrected chi connectivity index (χ0v) is 42.2. The predicted molar refractivity (Wildman–Crippen MR) is 283 cm³/mol. The van der Waals surface area contributed by atoms with Gasteiger partial charge >= 0.3 is 0 Å². The Balaban J connectivity index is 0.00000480. The van der Waals surface area contributed by atoms with E-state index in [1.54, 1.807) is 0 Å². The molecule has 5 nitrogen and oxygen atoms in total. The summed E-state index contributed by atoms with van der Waals surface area (Å²) in [4.78, 5) is 9.64. The van der Waals surface area contributed by atoms with Crippen LogP contribution < -0.4 is 14.5 Å². The number of aryl methyl sites for hydroxylation is 3. The van der Waals surface area contributed by atoms with Crippen molar-refractivity contribution in [3.05, 3.63) is 204 Å². The minimum Gasteiger partial charge on any atom is -0.509 e. The Bertz CT molecular complexity index is 3690. The van der Waals surface area contributed by atoms with Crippen LogP contribution in [0.3, 0.4) is 0 Å². The summed E-state index contributed by atoms with van der Waals surface area (Å²) in [6, 6.07) is 63.5. The Kier molecular flexibility index (Phi) is 10.2. The molecule has 4 aliphatic carbocycles. The van der Waals surface area contributed by atoms with E-state index in [1.165, 1.54) is 92.4 Å². The van der Waals surface area contributed by atoms with Crippen LogP contribution in [0.4, 0.5) is 17.1 Å². The number of rotatable bonds is 7. The van der Waals surface area contributed by atoms with Gasteiger partial charge in [0.15, 0.2) is 0 Å². The molecule has 348 valence electrons. The van der Waals surface area contributed by atoms with Crippen LogP contribution in [-0.4, -0.2) is 16.6 Å². The van der Waals surface area contributed by atoms with Crippen molar-refractivity contribution >= 4 is 60.4 Å². The molecule has 2 aromatic heterocycles. The van der Waals surface area contributed by atoms with Crippen LogP contribution in [0.2, 0.25) is 0 Å². The molecule has 0 N–H and O–H groups in total. The third-order valence-electron chi connectivity index (χ3n) is 16.8. The van der Waals surface area contributed by atoms with Gasteiger partial charge in [0.05, 0.1) is 0 Å². The molecule has 15 rings (SSSR count). The molecular formula is C64H53N4OPt-3. The Morgan fingerprint density at radius 1 is 0.614 bits per heavy atom. The van der Waals surface area contributed by atoms with Gasteiger partial charge in [0.2, 0.25) is 0 Å². The van der Waals surface area contributed by atoms with Crippen LogP contribution >= 0.6 is 0 Å². The summed E-state index contributed by atoms with van der Waals surface area (Å²) in [5.41, 5.74) is 14.0. The number of anilines is 3. The van der Waals surface area contributed by atoms with Gasteiger partial charge in [0.25, 0.3) is 0 Å². The molecule has 70 heavy (non-hydrogen) atoms. The number of hydrogen-bond acceptors (Lipinski definition) is 4. The number of pyridine rings is 1. The fraction of sp³-hybridized carbons (Fsp3) is 0.219. The van der Waals surface area contributed by atoms with Crippen molar-refractivity contribution < 1.29 is 25.8 Å². The molecule has 0 radical (unpaired) electrons. The van der Waals surface area contributed by atoms with Crippen molar-refractivity contribution in [1.29, 1.82) is 0 Å². The third kappa shape index (κ3) is 6.57. The number of hydrogen-bond donors (Lipinski definition) is 0. The Morgan fingerprint density at radius 3 is 2.11 bits per heavy atom. The summed E-state index contributed by atoms with van der Waals surface area (Å²) < 4.78 is 9.31. The number of benzene rings is 8. The molecule has 10 aromatic rings. The SMILES string of the molecule is Cc1cc(C)c(-c2cc(Oc3[c-]c4c(cc3)c3ccccc3n4-c3cc(C4(c5cccc6c5ccc5ccccc56)C5CC6CC(C5)CC4C6)ccn3)[c-]c(N3[CH-]N(C)c4ccccc43)c2)c(C)c1.[Pt]. The standard InChI is InChI=1S/C64H53N4O.Pt/c1-39-26-40(2)63(41(3)27-39)45-33-49(67-38-66(4)59-18-9-10-19-60(59)67)36-51(34-45)69-50-21-23-56-55-14-7-8-17-58(55)68(61(56)37-50)62-35-46(24-25-65-62)64(47-29-42-28-43(31-47)32-48(64)30-42)57-16-11-15-53-52-13-6-5-12-44(52)20-22-54(53)57;/h5-27,33-35,38,42-43,47-48H,28-32H2,1-4H3;/q-3;. The van der Waals surface area contributed by atoms with Gasteiger partial charge in [0.1, 0.15) is 5.82 Å². The van der Waals surface area contributed by atoms with Gasteiger partial charge in [-0.25, -0.2) is 4.98 Å². The molecule has 4 saturated carbocycles. The minimum atomic E-state index is -0.126. The van der Waals surface area contributed by atoms with Crippen molar-refractivity contribution in [3.8, 4) is 28.4 Å². The molecule has 4 bridgehead atoms. The maximum absolute atomic E-state index is 6.98. The van der Waals surface area contributed by atoms with Gasteiger partial charge < -0.3 is 19.1 Å². The second-order valence-electron chi connectivity index (χ2n) is 20.8. The van der Waals surface area contributed by atoms with Crippen molar-refractivity contribution in [3.63, 3.8) is 0 Å². The number of aromatic nitrogens is 2. The van der Waals surface area contributed by atoms with Crippen molar-refractivity contribution in [2.75, 3.05) is 16.8 Å². The van der Waals surface area contributed by atoms with E-state index in [4.69, 9.17) is 9.72 Å². The van der Waals surface area contributed by atoms with Crippen LogP contribution in [0.5, 0.6) is 11.5 Å². The largest absolute Gasteiger partial charge is 0.509 e. The van der Waals surface area contributed by atoms with Crippen LogP contribution in [-0.2, 0) is 26.5 Å². The molecule has 4 fully saturated rings. The number of para-hydroxylation sites is 3. The zero-order valence-electron chi connectivity index (χ0n) is 39.9. The first-order valence-electron chi connectivity index (χ1n) is 24.9. The monoisotopic (exact) mass is 1090 g/mol. The van der Waals surface area contributed by atoms with E-state index < -0.39 is 0 Å². The summed E-state index contributed by atoms with van der Waals surface area (Å²) in [5.74, 6) is 4.97. The van der Waals surface area contributed by atoms with Crippen LogP contribution in [0.25, 0.3) is 60.3 Å². The average Bonchev–Trinajstić information content (AvgIpc) is 3.87. The van der Waals surface area contributed by atoms with Crippen molar-refractivity contribution in [2.45, 2.75) is 58.3 Å². The summed E-state index contributed by atoms with van der Waals surface area (Å²) >= 11 is 0. The fourth-order valence-corrected chi connectivity index (χ4v) is 14.4. The molecule has 0 atom stereocenters. The number of fused-ring (bicyclic) bond motifs is 7. The third-order valence-corrected chi connectivity index (χ3v) is 16.8. The maximum atomic E-state index is 6.98. The van der Waals surface area contributed by atoms with E-state index in [2.05, 4.69) is 219 Å². The smallest absolute Gasteiger partial charge is 0.135 e. The summed E-state index contributed by atoms with van der Waals surface area (Å²) in [5, 5.41) is 7.66. The molecule has 3 heterocycles. The molecule has 1 aliphatic heterocycles. The summed E-state index contributed by atoms with van der Waals surface area (Å²) in [6.07, 6.45) is 8.66. The van der Waals surface area contributed by atoms with Gasteiger partial charge in [-0.05, 0) is 169 Å². The van der Waals surface area contributed by atoms with Gasteiger partial charge in [0, 0.05) is 61.1 Å². The van der Waals surface area contributed by atoms with E-state index in [0.29, 0.717) is 23.3 Å². The van der Waals surface area contributed by atoms with E-state index >= 15 is 0 Å². The van der Waals surface area contributed by atoms with E-state index in [9.17, 15) is 0 Å².